The highest BCUT2D eigenvalue weighted by atomic mass is 16.5. The van der Waals surface area contributed by atoms with Crippen LogP contribution in [0.1, 0.15) is 53.4 Å². The fourth-order valence-corrected chi connectivity index (χ4v) is 2.54. The third-order valence-electron chi connectivity index (χ3n) is 4.02. The molecular weight excluding hydrogens is 282 g/mol. The zero-order valence-corrected chi connectivity index (χ0v) is 14.7. The van der Waals surface area contributed by atoms with Crippen molar-refractivity contribution in [3.05, 3.63) is 0 Å². The Morgan fingerprint density at radius 3 is 2.45 bits per heavy atom. The molecule has 0 aromatic heterocycles. The van der Waals surface area contributed by atoms with E-state index in [9.17, 15) is 9.59 Å². The molecule has 1 aliphatic rings. The normalized spacial score (nSPS) is 19.5. The van der Waals surface area contributed by atoms with Crippen LogP contribution in [0.25, 0.3) is 0 Å². The van der Waals surface area contributed by atoms with Crippen molar-refractivity contribution in [1.82, 2.24) is 4.90 Å². The molecule has 5 nitrogen and oxygen atoms in total. The number of rotatable bonds is 8. The van der Waals surface area contributed by atoms with E-state index in [0.717, 1.165) is 19.4 Å². The lowest BCUT2D eigenvalue weighted by molar-refractivity contribution is -0.154. The summed E-state index contributed by atoms with van der Waals surface area (Å²) in [7, 11) is 1.64. The van der Waals surface area contributed by atoms with Crippen LogP contribution in [-0.2, 0) is 19.1 Å². The molecule has 0 radical (unpaired) electrons. The maximum atomic E-state index is 12.2. The summed E-state index contributed by atoms with van der Waals surface area (Å²) in [6.07, 6.45) is 2.72. The Balaban J connectivity index is 2.32. The Kier molecular flexibility index (Phi) is 7.33. The van der Waals surface area contributed by atoms with Crippen LogP contribution in [0, 0.1) is 11.3 Å². The Morgan fingerprint density at radius 2 is 2.00 bits per heavy atom. The van der Waals surface area contributed by atoms with Gasteiger partial charge in [-0.15, -0.1) is 0 Å². The molecule has 22 heavy (non-hydrogen) atoms. The first kappa shape index (κ1) is 18.9. The van der Waals surface area contributed by atoms with Crippen molar-refractivity contribution in [3.8, 4) is 0 Å². The van der Waals surface area contributed by atoms with Gasteiger partial charge in [0.2, 0.25) is 5.91 Å². The third-order valence-corrected chi connectivity index (χ3v) is 4.02. The van der Waals surface area contributed by atoms with Gasteiger partial charge in [0.05, 0.1) is 12.5 Å². The van der Waals surface area contributed by atoms with E-state index in [4.69, 9.17) is 9.47 Å². The SMILES string of the molecule is CCC(COC)CC(=O)OCC1CCN1C(=O)CC(C)(C)C. The van der Waals surface area contributed by atoms with E-state index in [1.807, 2.05) is 11.8 Å². The number of hydrogen-bond donors (Lipinski definition) is 0. The van der Waals surface area contributed by atoms with E-state index in [-0.39, 0.29) is 29.3 Å². The number of esters is 1. The highest BCUT2D eigenvalue weighted by Crippen LogP contribution is 2.25. The fourth-order valence-electron chi connectivity index (χ4n) is 2.54. The van der Waals surface area contributed by atoms with Crippen LogP contribution < -0.4 is 0 Å². The monoisotopic (exact) mass is 313 g/mol. The van der Waals surface area contributed by atoms with Crippen LogP contribution in [0.15, 0.2) is 0 Å². The van der Waals surface area contributed by atoms with E-state index in [0.29, 0.717) is 26.1 Å². The third kappa shape index (κ3) is 6.34. The van der Waals surface area contributed by atoms with Crippen molar-refractivity contribution in [2.24, 2.45) is 11.3 Å². The van der Waals surface area contributed by atoms with Gasteiger partial charge in [-0.25, -0.2) is 0 Å². The molecule has 1 heterocycles. The van der Waals surface area contributed by atoms with Crippen LogP contribution in [-0.4, -0.2) is 49.7 Å². The molecule has 1 saturated heterocycles. The number of ether oxygens (including phenoxy) is 2. The van der Waals surface area contributed by atoms with E-state index in [1.54, 1.807) is 7.11 Å². The molecule has 2 unspecified atom stereocenters. The molecule has 1 amide bonds. The molecule has 0 N–H and O–H groups in total. The summed E-state index contributed by atoms with van der Waals surface area (Å²) in [4.78, 5) is 25.9. The van der Waals surface area contributed by atoms with Crippen LogP contribution >= 0.6 is 0 Å². The number of amides is 1. The lowest BCUT2D eigenvalue weighted by atomic mass is 9.90. The molecule has 128 valence electrons. The second-order valence-electron chi connectivity index (χ2n) is 7.38. The summed E-state index contributed by atoms with van der Waals surface area (Å²) in [5, 5.41) is 0. The molecule has 1 rings (SSSR count). The standard InChI is InChI=1S/C17H31NO4/c1-6-13(11-21-5)9-16(20)22-12-14-7-8-18(14)15(19)10-17(2,3)4/h13-14H,6-12H2,1-5H3. The predicted molar refractivity (Wildman–Crippen MR) is 85.4 cm³/mol. The Hall–Kier alpha value is -1.10. The number of likely N-dealkylation sites (tertiary alicyclic amines) is 1. The largest absolute Gasteiger partial charge is 0.463 e. The van der Waals surface area contributed by atoms with Crippen LogP contribution in [0.2, 0.25) is 0 Å². The number of hydrogen-bond acceptors (Lipinski definition) is 4. The summed E-state index contributed by atoms with van der Waals surface area (Å²) in [6, 6.07) is 0.0568. The average molecular weight is 313 g/mol. The van der Waals surface area contributed by atoms with Gasteiger partial charge < -0.3 is 14.4 Å². The van der Waals surface area contributed by atoms with Gasteiger partial charge in [-0.2, -0.15) is 0 Å². The number of methoxy groups -OCH3 is 1. The maximum Gasteiger partial charge on any atom is 0.306 e. The maximum absolute atomic E-state index is 12.2. The van der Waals surface area contributed by atoms with Gasteiger partial charge in [-0.05, 0) is 17.8 Å². The van der Waals surface area contributed by atoms with Gasteiger partial charge in [0.25, 0.3) is 0 Å². The van der Waals surface area contributed by atoms with Gasteiger partial charge >= 0.3 is 5.97 Å². The second-order valence-corrected chi connectivity index (χ2v) is 7.38. The average Bonchev–Trinajstić information content (AvgIpc) is 2.34. The van der Waals surface area contributed by atoms with Gasteiger partial charge in [0.1, 0.15) is 6.61 Å². The smallest absolute Gasteiger partial charge is 0.306 e. The van der Waals surface area contributed by atoms with E-state index in [1.165, 1.54) is 0 Å². The fraction of sp³-hybridized carbons (Fsp3) is 0.882. The minimum atomic E-state index is -0.195. The molecule has 1 fully saturated rings. The summed E-state index contributed by atoms with van der Waals surface area (Å²) >= 11 is 0. The predicted octanol–water partition coefficient (Wildman–Crippen LogP) is 2.63. The molecule has 0 bridgehead atoms. The minimum Gasteiger partial charge on any atom is -0.463 e. The molecule has 2 atom stereocenters. The number of carbonyl (C=O) groups excluding carboxylic acids is 2. The van der Waals surface area contributed by atoms with Crippen molar-refractivity contribution in [3.63, 3.8) is 0 Å². The number of carbonyl (C=O) groups is 2. The molecule has 0 spiro atoms. The molecule has 5 heteroatoms. The lowest BCUT2D eigenvalue weighted by Crippen LogP contribution is -2.54. The summed E-state index contributed by atoms with van der Waals surface area (Å²) in [5.74, 6) is 0.169. The quantitative estimate of drug-likeness (QED) is 0.646. The summed E-state index contributed by atoms with van der Waals surface area (Å²) in [6.45, 7) is 9.87. The molecule has 0 saturated carbocycles. The Labute approximate surface area is 134 Å². The van der Waals surface area contributed by atoms with E-state index in [2.05, 4.69) is 20.8 Å². The lowest BCUT2D eigenvalue weighted by Gasteiger charge is -2.41. The minimum absolute atomic E-state index is 0.0115. The van der Waals surface area contributed by atoms with Crippen molar-refractivity contribution >= 4 is 11.9 Å². The molecular formula is C17H31NO4. The molecule has 0 aromatic carbocycles. The topological polar surface area (TPSA) is 55.8 Å². The first-order valence-corrected chi connectivity index (χ1v) is 8.21. The zero-order chi connectivity index (χ0) is 16.8. The van der Waals surface area contributed by atoms with Crippen LogP contribution in [0.4, 0.5) is 0 Å². The van der Waals surface area contributed by atoms with Crippen molar-refractivity contribution in [2.45, 2.75) is 59.4 Å². The summed E-state index contributed by atoms with van der Waals surface area (Å²) in [5.41, 5.74) is -0.0115. The van der Waals surface area contributed by atoms with Gasteiger partial charge in [0.15, 0.2) is 0 Å². The van der Waals surface area contributed by atoms with Crippen LogP contribution in [0.3, 0.4) is 0 Å². The van der Waals surface area contributed by atoms with Gasteiger partial charge in [0, 0.05) is 26.7 Å². The first-order chi connectivity index (χ1) is 10.3. The van der Waals surface area contributed by atoms with E-state index >= 15 is 0 Å². The summed E-state index contributed by atoms with van der Waals surface area (Å²) < 4.78 is 10.4. The Bertz CT molecular complexity index is 375. The van der Waals surface area contributed by atoms with Crippen LogP contribution in [0.5, 0.6) is 0 Å². The van der Waals surface area contributed by atoms with Gasteiger partial charge in [-0.3, -0.25) is 9.59 Å². The molecule has 0 aliphatic carbocycles. The Morgan fingerprint density at radius 1 is 1.32 bits per heavy atom. The second kappa shape index (κ2) is 8.51. The van der Waals surface area contributed by atoms with Crippen molar-refractivity contribution in [1.29, 1.82) is 0 Å². The van der Waals surface area contributed by atoms with Gasteiger partial charge in [-0.1, -0.05) is 34.1 Å². The first-order valence-electron chi connectivity index (χ1n) is 8.21. The van der Waals surface area contributed by atoms with Crippen molar-refractivity contribution < 1.29 is 19.1 Å². The zero-order valence-electron chi connectivity index (χ0n) is 14.7. The highest BCUT2D eigenvalue weighted by Gasteiger charge is 2.34. The van der Waals surface area contributed by atoms with Crippen molar-refractivity contribution in [2.75, 3.05) is 26.9 Å². The molecule has 1 aliphatic heterocycles. The highest BCUT2D eigenvalue weighted by molar-refractivity contribution is 5.78. The van der Waals surface area contributed by atoms with E-state index < -0.39 is 0 Å². The molecule has 0 aromatic rings. The number of nitrogens with zero attached hydrogens (tertiary/aromatic N) is 1.